The number of anilines is 1. The van der Waals surface area contributed by atoms with Gasteiger partial charge in [-0.15, -0.1) is 0 Å². The summed E-state index contributed by atoms with van der Waals surface area (Å²) in [5.41, 5.74) is 2.01. The Morgan fingerprint density at radius 2 is 2.00 bits per heavy atom. The minimum absolute atomic E-state index is 0. The Labute approximate surface area is 116 Å². The largest absolute Gasteiger partial charge is 0.266 e. The molecule has 0 aliphatic rings. The Kier molecular flexibility index (Phi) is 4.94. The molecule has 19 heavy (non-hydrogen) atoms. The zero-order valence-electron chi connectivity index (χ0n) is 12.1. The number of benzene rings is 1. The van der Waals surface area contributed by atoms with Gasteiger partial charge in [0.05, 0.1) is 11.3 Å². The highest BCUT2D eigenvalue weighted by atomic mass is 32.2. The lowest BCUT2D eigenvalue weighted by Crippen LogP contribution is -2.15. The summed E-state index contributed by atoms with van der Waals surface area (Å²) in [6.07, 6.45) is 0. The van der Waals surface area contributed by atoms with Gasteiger partial charge < -0.3 is 0 Å². The fourth-order valence-corrected chi connectivity index (χ4v) is 2.42. The van der Waals surface area contributed by atoms with Crippen LogP contribution in [-0.4, -0.2) is 24.0 Å². The average Bonchev–Trinajstić information content (AvgIpc) is 2.69. The zero-order valence-corrected chi connectivity index (χ0v) is 12.9. The van der Waals surface area contributed by atoms with Crippen molar-refractivity contribution in [1.29, 1.82) is 0 Å². The number of hydrogen-bond acceptors (Lipinski definition) is 3. The van der Waals surface area contributed by atoms with E-state index in [0.717, 1.165) is 16.5 Å². The number of aromatic nitrogens is 2. The summed E-state index contributed by atoms with van der Waals surface area (Å²) in [6.45, 7) is 7.57. The standard InChI is InChI=1S/C11H15N3O2S.C2H6.H2/c1-4-17(15,16)13-11-9-7-5-6-8(2)10(9)14(3)12-11;1-2;/h5-7H,4H2,1-3H3,(H,12,13);1-2H3;1H. The van der Waals surface area contributed by atoms with Gasteiger partial charge in [-0.05, 0) is 25.5 Å². The van der Waals surface area contributed by atoms with E-state index in [0.29, 0.717) is 5.82 Å². The van der Waals surface area contributed by atoms with Gasteiger partial charge in [-0.25, -0.2) is 8.42 Å². The Morgan fingerprint density at radius 1 is 1.37 bits per heavy atom. The van der Waals surface area contributed by atoms with Crippen LogP contribution in [0.2, 0.25) is 0 Å². The van der Waals surface area contributed by atoms with Gasteiger partial charge in [-0.2, -0.15) is 5.10 Å². The molecule has 5 nitrogen and oxygen atoms in total. The summed E-state index contributed by atoms with van der Waals surface area (Å²) in [4.78, 5) is 0. The molecule has 0 aliphatic heterocycles. The summed E-state index contributed by atoms with van der Waals surface area (Å²) in [5, 5.41) is 5.03. The van der Waals surface area contributed by atoms with E-state index in [1.807, 2.05) is 39.0 Å². The average molecular weight is 285 g/mol. The molecule has 0 radical (unpaired) electrons. The van der Waals surface area contributed by atoms with Crippen molar-refractivity contribution in [2.75, 3.05) is 10.5 Å². The van der Waals surface area contributed by atoms with E-state index in [9.17, 15) is 8.42 Å². The summed E-state index contributed by atoms with van der Waals surface area (Å²) >= 11 is 0. The van der Waals surface area contributed by atoms with Crippen LogP contribution in [0.4, 0.5) is 5.82 Å². The second-order valence-corrected chi connectivity index (χ2v) is 5.96. The Hall–Kier alpha value is -1.56. The maximum absolute atomic E-state index is 11.5. The lowest BCUT2D eigenvalue weighted by molar-refractivity contribution is 0.602. The smallest absolute Gasteiger partial charge is 0.233 e. The van der Waals surface area contributed by atoms with Gasteiger partial charge in [0.1, 0.15) is 0 Å². The number of nitrogens with zero attached hydrogens (tertiary/aromatic N) is 2. The van der Waals surface area contributed by atoms with Crippen LogP contribution >= 0.6 is 0 Å². The van der Waals surface area contributed by atoms with E-state index < -0.39 is 10.0 Å². The predicted molar refractivity (Wildman–Crippen MR) is 82.0 cm³/mol. The molecule has 1 heterocycles. The molecular weight excluding hydrogens is 262 g/mol. The molecule has 0 atom stereocenters. The van der Waals surface area contributed by atoms with Crippen molar-refractivity contribution in [3.8, 4) is 0 Å². The second-order valence-electron chi connectivity index (χ2n) is 3.95. The van der Waals surface area contributed by atoms with E-state index >= 15 is 0 Å². The van der Waals surface area contributed by atoms with Crippen molar-refractivity contribution < 1.29 is 9.84 Å². The molecule has 6 heteroatoms. The number of para-hydroxylation sites is 1. The molecule has 2 aromatic rings. The van der Waals surface area contributed by atoms with Crippen molar-refractivity contribution in [3.63, 3.8) is 0 Å². The lowest BCUT2D eigenvalue weighted by atomic mass is 10.1. The van der Waals surface area contributed by atoms with Gasteiger partial charge in [-0.3, -0.25) is 9.40 Å². The Morgan fingerprint density at radius 3 is 2.58 bits per heavy atom. The summed E-state index contributed by atoms with van der Waals surface area (Å²) in [7, 11) is -1.48. The number of nitrogens with one attached hydrogen (secondary N) is 1. The van der Waals surface area contributed by atoms with E-state index in [1.54, 1.807) is 18.7 Å². The Balaban J connectivity index is 0.00000115. The first kappa shape index (κ1) is 15.5. The minimum atomic E-state index is -3.29. The number of sulfonamides is 1. The van der Waals surface area contributed by atoms with E-state index in [4.69, 9.17) is 0 Å². The predicted octanol–water partition coefficient (Wildman–Crippen LogP) is 2.92. The molecule has 0 fully saturated rings. The van der Waals surface area contributed by atoms with E-state index in [1.165, 1.54) is 0 Å². The van der Waals surface area contributed by atoms with Crippen molar-refractivity contribution in [1.82, 2.24) is 9.78 Å². The quantitative estimate of drug-likeness (QED) is 0.943. The topological polar surface area (TPSA) is 64.0 Å². The zero-order chi connectivity index (χ0) is 14.6. The van der Waals surface area contributed by atoms with Crippen LogP contribution in [-0.2, 0) is 17.1 Å². The molecule has 0 bridgehead atoms. The van der Waals surface area contributed by atoms with Crippen LogP contribution < -0.4 is 4.72 Å². The minimum Gasteiger partial charge on any atom is -0.266 e. The fourth-order valence-electron chi connectivity index (χ4n) is 1.83. The first-order chi connectivity index (χ1) is 8.94. The molecule has 1 aromatic carbocycles. The summed E-state index contributed by atoms with van der Waals surface area (Å²) in [6, 6.07) is 5.73. The first-order valence-electron chi connectivity index (χ1n) is 6.37. The maximum atomic E-state index is 11.5. The van der Waals surface area contributed by atoms with Crippen LogP contribution in [0.3, 0.4) is 0 Å². The molecule has 1 N–H and O–H groups in total. The number of rotatable bonds is 3. The van der Waals surface area contributed by atoms with Crippen LogP contribution in [0.15, 0.2) is 18.2 Å². The number of fused-ring (bicyclic) bond motifs is 1. The van der Waals surface area contributed by atoms with Gasteiger partial charge in [0, 0.05) is 13.9 Å². The van der Waals surface area contributed by atoms with Crippen molar-refractivity contribution in [3.05, 3.63) is 23.8 Å². The molecule has 0 spiro atoms. The third kappa shape index (κ3) is 3.26. The monoisotopic (exact) mass is 285 g/mol. The van der Waals surface area contributed by atoms with Crippen molar-refractivity contribution in [2.24, 2.45) is 7.05 Å². The molecule has 108 valence electrons. The SMILES string of the molecule is CC.CCS(=O)(=O)Nc1nn(C)c2c(C)cccc12.[HH]. The fraction of sp³-hybridized carbons (Fsp3) is 0.462. The van der Waals surface area contributed by atoms with Gasteiger partial charge in [0.25, 0.3) is 0 Å². The second kappa shape index (κ2) is 6.06. The summed E-state index contributed by atoms with van der Waals surface area (Å²) in [5.74, 6) is 0.435. The molecule has 0 unspecified atom stereocenters. The van der Waals surface area contributed by atoms with Crippen LogP contribution in [0.25, 0.3) is 10.9 Å². The molecule has 0 amide bonds. The van der Waals surface area contributed by atoms with Crippen molar-refractivity contribution >= 4 is 26.7 Å². The van der Waals surface area contributed by atoms with Gasteiger partial charge >= 0.3 is 0 Å². The van der Waals surface area contributed by atoms with Gasteiger partial charge in [-0.1, -0.05) is 26.0 Å². The molecular formula is C13H23N3O2S. The summed E-state index contributed by atoms with van der Waals surface area (Å²) < 4.78 is 27.3. The van der Waals surface area contributed by atoms with Gasteiger partial charge in [0.15, 0.2) is 5.82 Å². The highest BCUT2D eigenvalue weighted by molar-refractivity contribution is 7.92. The highest BCUT2D eigenvalue weighted by Crippen LogP contribution is 2.25. The third-order valence-corrected chi connectivity index (χ3v) is 3.96. The van der Waals surface area contributed by atoms with Crippen LogP contribution in [0.1, 0.15) is 27.8 Å². The van der Waals surface area contributed by atoms with Crippen LogP contribution in [0, 0.1) is 6.92 Å². The highest BCUT2D eigenvalue weighted by Gasteiger charge is 2.14. The van der Waals surface area contributed by atoms with Crippen LogP contribution in [0.5, 0.6) is 0 Å². The molecule has 1 aromatic heterocycles. The molecule has 0 saturated carbocycles. The molecule has 0 aliphatic carbocycles. The number of hydrogen-bond donors (Lipinski definition) is 1. The molecule has 2 rings (SSSR count). The lowest BCUT2D eigenvalue weighted by Gasteiger charge is -2.02. The van der Waals surface area contributed by atoms with Gasteiger partial charge in [0.2, 0.25) is 10.0 Å². The Bertz CT molecular complexity index is 666. The van der Waals surface area contributed by atoms with Crippen molar-refractivity contribution in [2.45, 2.75) is 27.7 Å². The first-order valence-corrected chi connectivity index (χ1v) is 8.02. The normalized spacial score (nSPS) is 11.0. The van der Waals surface area contributed by atoms with E-state index in [2.05, 4.69) is 9.82 Å². The maximum Gasteiger partial charge on any atom is 0.233 e. The number of aryl methyl sites for hydroxylation is 2. The van der Waals surface area contributed by atoms with E-state index in [-0.39, 0.29) is 7.18 Å². The third-order valence-electron chi connectivity index (χ3n) is 2.70. The molecule has 0 saturated heterocycles.